The number of benzene rings is 1. The van der Waals surface area contributed by atoms with Crippen LogP contribution in [0.5, 0.6) is 11.5 Å². The molecule has 0 amide bonds. The van der Waals surface area contributed by atoms with Gasteiger partial charge in [0.1, 0.15) is 18.1 Å². The maximum atomic E-state index is 13.2. The molecule has 1 saturated heterocycles. The molecule has 2 atom stereocenters. The smallest absolute Gasteiger partial charge is 0.246 e. The van der Waals surface area contributed by atoms with E-state index in [9.17, 15) is 8.42 Å². The number of sulfonamides is 1. The summed E-state index contributed by atoms with van der Waals surface area (Å²) < 4.78 is 46.8. The first kappa shape index (κ1) is 16.0. The molecular formula is C16H18N4O5S. The Morgan fingerprint density at radius 1 is 1.19 bits per heavy atom. The van der Waals surface area contributed by atoms with Crippen LogP contribution in [0, 0.1) is 0 Å². The van der Waals surface area contributed by atoms with Crippen molar-refractivity contribution >= 4 is 10.0 Å². The topological polar surface area (TPSA) is 95.8 Å². The lowest BCUT2D eigenvalue weighted by Crippen LogP contribution is -2.50. The molecule has 26 heavy (non-hydrogen) atoms. The van der Waals surface area contributed by atoms with Crippen LogP contribution in [-0.2, 0) is 21.4 Å². The fourth-order valence-corrected chi connectivity index (χ4v) is 5.38. The molecule has 1 fully saturated rings. The van der Waals surface area contributed by atoms with Gasteiger partial charge in [0.15, 0.2) is 11.5 Å². The summed E-state index contributed by atoms with van der Waals surface area (Å²) in [5.74, 6) is 0.761. The van der Waals surface area contributed by atoms with Crippen LogP contribution in [0.3, 0.4) is 0 Å². The van der Waals surface area contributed by atoms with E-state index in [0.29, 0.717) is 44.3 Å². The zero-order valence-corrected chi connectivity index (χ0v) is 14.8. The van der Waals surface area contributed by atoms with E-state index in [-0.39, 0.29) is 23.6 Å². The lowest BCUT2D eigenvalue weighted by Gasteiger charge is -2.40. The van der Waals surface area contributed by atoms with Gasteiger partial charge in [0.25, 0.3) is 0 Å². The number of aromatic nitrogens is 3. The molecule has 2 aromatic rings. The molecule has 0 radical (unpaired) electrons. The predicted octanol–water partition coefficient (Wildman–Crippen LogP) is 0.584. The van der Waals surface area contributed by atoms with Gasteiger partial charge in [-0.1, -0.05) is 11.3 Å². The van der Waals surface area contributed by atoms with Crippen LogP contribution in [0.4, 0.5) is 0 Å². The van der Waals surface area contributed by atoms with E-state index in [1.807, 2.05) is 4.68 Å². The summed E-state index contributed by atoms with van der Waals surface area (Å²) in [6, 6.07) is 4.96. The highest BCUT2D eigenvalue weighted by Gasteiger charge is 2.41. The Balaban J connectivity index is 1.44. The van der Waals surface area contributed by atoms with Crippen molar-refractivity contribution in [2.45, 2.75) is 30.1 Å². The fourth-order valence-electron chi connectivity index (χ4n) is 3.77. The second-order valence-electron chi connectivity index (χ2n) is 6.52. The molecule has 0 bridgehead atoms. The molecule has 9 nitrogen and oxygen atoms in total. The Kier molecular flexibility index (Phi) is 3.66. The third-order valence-electron chi connectivity index (χ3n) is 5.04. The van der Waals surface area contributed by atoms with Crippen LogP contribution in [-0.4, -0.2) is 60.1 Å². The summed E-state index contributed by atoms with van der Waals surface area (Å²) in [6.07, 6.45) is 2.06. The molecule has 0 unspecified atom stereocenters. The molecular weight excluding hydrogens is 360 g/mol. The van der Waals surface area contributed by atoms with E-state index >= 15 is 0 Å². The van der Waals surface area contributed by atoms with E-state index in [1.165, 1.54) is 4.31 Å². The summed E-state index contributed by atoms with van der Waals surface area (Å²) in [6.45, 7) is 1.80. The largest absolute Gasteiger partial charge is 0.486 e. The third-order valence-corrected chi connectivity index (χ3v) is 6.93. The number of nitrogens with zero attached hydrogens (tertiary/aromatic N) is 4. The molecule has 1 aromatic carbocycles. The average Bonchev–Trinajstić information content (AvgIpc) is 3.16. The van der Waals surface area contributed by atoms with Crippen molar-refractivity contribution in [3.63, 3.8) is 0 Å². The molecule has 1 aromatic heterocycles. The summed E-state index contributed by atoms with van der Waals surface area (Å²) in [5, 5.41) is 8.06. The normalized spacial score (nSPS) is 25.4. The van der Waals surface area contributed by atoms with Crippen molar-refractivity contribution in [1.82, 2.24) is 19.3 Å². The Morgan fingerprint density at radius 2 is 2.08 bits per heavy atom. The van der Waals surface area contributed by atoms with Gasteiger partial charge in [-0.3, -0.25) is 0 Å². The quantitative estimate of drug-likeness (QED) is 0.754. The van der Waals surface area contributed by atoms with E-state index < -0.39 is 10.0 Å². The van der Waals surface area contributed by atoms with Gasteiger partial charge >= 0.3 is 0 Å². The molecule has 0 spiro atoms. The molecule has 138 valence electrons. The first-order valence-electron chi connectivity index (χ1n) is 8.54. The summed E-state index contributed by atoms with van der Waals surface area (Å²) in [5.41, 5.74) is 0.922. The van der Waals surface area contributed by atoms with E-state index in [0.717, 1.165) is 5.69 Å². The molecule has 0 saturated carbocycles. The van der Waals surface area contributed by atoms with Gasteiger partial charge in [-0.25, -0.2) is 13.1 Å². The van der Waals surface area contributed by atoms with Crippen molar-refractivity contribution in [3.05, 3.63) is 30.1 Å². The van der Waals surface area contributed by atoms with Crippen molar-refractivity contribution in [1.29, 1.82) is 0 Å². The van der Waals surface area contributed by atoms with Crippen LogP contribution in [0.15, 0.2) is 29.3 Å². The first-order valence-corrected chi connectivity index (χ1v) is 9.98. The number of ether oxygens (including phenoxy) is 3. The summed E-state index contributed by atoms with van der Waals surface area (Å²) in [4.78, 5) is 0.144. The molecule has 10 heteroatoms. The minimum absolute atomic E-state index is 0.0111. The molecule has 4 heterocycles. The van der Waals surface area contributed by atoms with Gasteiger partial charge in [-0.2, -0.15) is 4.31 Å². The summed E-state index contributed by atoms with van der Waals surface area (Å²) >= 11 is 0. The van der Waals surface area contributed by atoms with Crippen LogP contribution in [0.1, 0.15) is 18.2 Å². The zero-order valence-electron chi connectivity index (χ0n) is 13.9. The molecule has 0 N–H and O–H groups in total. The Labute approximate surface area is 150 Å². The minimum Gasteiger partial charge on any atom is -0.486 e. The fraction of sp³-hybridized carbons (Fsp3) is 0.500. The molecule has 3 aliphatic rings. The maximum absolute atomic E-state index is 13.2. The lowest BCUT2D eigenvalue weighted by atomic mass is 10.0. The van der Waals surface area contributed by atoms with Crippen LogP contribution in [0.2, 0.25) is 0 Å². The molecule has 5 rings (SSSR count). The standard InChI is InChI=1S/C16H18N4O5S/c21-26(22,15-3-1-2-13-16(15)24-7-6-23-13)19-5-4-12-14(9-19)25-10-11-8-17-18-20(11)12/h1-3,8,12,14H,4-7,9-10H2/t12-,14-/m0/s1. The van der Waals surface area contributed by atoms with E-state index in [1.54, 1.807) is 24.4 Å². The highest BCUT2D eigenvalue weighted by molar-refractivity contribution is 7.89. The van der Waals surface area contributed by atoms with Gasteiger partial charge in [0.2, 0.25) is 10.0 Å². The van der Waals surface area contributed by atoms with Gasteiger partial charge in [-0.05, 0) is 18.6 Å². The first-order chi connectivity index (χ1) is 12.6. The number of hydrogen-bond donors (Lipinski definition) is 0. The average molecular weight is 378 g/mol. The Hall–Kier alpha value is -2.17. The van der Waals surface area contributed by atoms with Crippen LogP contribution >= 0.6 is 0 Å². The number of piperidine rings is 1. The monoisotopic (exact) mass is 378 g/mol. The van der Waals surface area contributed by atoms with Gasteiger partial charge in [0.05, 0.1) is 30.6 Å². The second-order valence-corrected chi connectivity index (χ2v) is 8.43. The highest BCUT2D eigenvalue weighted by Crippen LogP contribution is 2.39. The van der Waals surface area contributed by atoms with E-state index in [4.69, 9.17) is 14.2 Å². The number of hydrogen-bond acceptors (Lipinski definition) is 7. The van der Waals surface area contributed by atoms with Crippen molar-refractivity contribution in [2.24, 2.45) is 0 Å². The SMILES string of the molecule is O=S(=O)(c1cccc2c1OCCO2)N1CC[C@H]2[C@H](C1)OCc1cnnn12. The highest BCUT2D eigenvalue weighted by atomic mass is 32.2. The second kappa shape index (κ2) is 5.93. The Bertz CT molecular complexity index is 944. The Morgan fingerprint density at radius 3 is 3.00 bits per heavy atom. The van der Waals surface area contributed by atoms with Crippen molar-refractivity contribution in [3.8, 4) is 11.5 Å². The molecule has 0 aliphatic carbocycles. The van der Waals surface area contributed by atoms with Gasteiger partial charge < -0.3 is 14.2 Å². The summed E-state index contributed by atoms with van der Waals surface area (Å²) in [7, 11) is -3.72. The lowest BCUT2D eigenvalue weighted by molar-refractivity contribution is -0.0544. The number of rotatable bonds is 2. The van der Waals surface area contributed by atoms with Crippen LogP contribution < -0.4 is 9.47 Å². The molecule has 3 aliphatic heterocycles. The van der Waals surface area contributed by atoms with Gasteiger partial charge in [-0.15, -0.1) is 5.10 Å². The number of para-hydroxylation sites is 1. The van der Waals surface area contributed by atoms with Gasteiger partial charge in [0, 0.05) is 13.1 Å². The van der Waals surface area contributed by atoms with Crippen molar-refractivity contribution in [2.75, 3.05) is 26.3 Å². The predicted molar refractivity (Wildman–Crippen MR) is 88.4 cm³/mol. The third kappa shape index (κ3) is 2.40. The minimum atomic E-state index is -3.72. The maximum Gasteiger partial charge on any atom is 0.246 e. The van der Waals surface area contributed by atoms with E-state index in [2.05, 4.69) is 10.3 Å². The number of fused-ring (bicyclic) bond motifs is 4. The van der Waals surface area contributed by atoms with Crippen molar-refractivity contribution < 1.29 is 22.6 Å². The zero-order chi connectivity index (χ0) is 17.7. The van der Waals surface area contributed by atoms with Crippen LogP contribution in [0.25, 0.3) is 0 Å².